The molecule has 0 spiro atoms. The molecule has 0 bridgehead atoms. The lowest BCUT2D eigenvalue weighted by Gasteiger charge is -2.35. The van der Waals surface area contributed by atoms with Gasteiger partial charge in [-0.1, -0.05) is 6.92 Å². The molecule has 1 aromatic heterocycles. The number of carbonyl (C=O) groups excluding carboxylic acids is 1. The molecule has 0 radical (unpaired) electrons. The number of likely N-dealkylation sites (tertiary alicyclic amines) is 1. The Labute approximate surface area is 152 Å². The topological polar surface area (TPSA) is 76.6 Å². The summed E-state index contributed by atoms with van der Waals surface area (Å²) in [5.41, 5.74) is 1.33. The lowest BCUT2D eigenvalue weighted by atomic mass is 9.99. The smallest absolute Gasteiger partial charge is 0.257 e. The van der Waals surface area contributed by atoms with Gasteiger partial charge >= 0.3 is 0 Å². The van der Waals surface area contributed by atoms with Gasteiger partial charge < -0.3 is 19.7 Å². The van der Waals surface area contributed by atoms with Crippen LogP contribution in [0.2, 0.25) is 0 Å². The Balaban J connectivity index is 1.45. The first-order valence-corrected chi connectivity index (χ1v) is 9.04. The van der Waals surface area contributed by atoms with E-state index in [1.807, 2.05) is 23.1 Å². The van der Waals surface area contributed by atoms with Gasteiger partial charge in [0, 0.05) is 36.7 Å². The van der Waals surface area contributed by atoms with Crippen molar-refractivity contribution in [3.63, 3.8) is 0 Å². The maximum absolute atomic E-state index is 12.8. The van der Waals surface area contributed by atoms with Crippen LogP contribution in [0.3, 0.4) is 0 Å². The van der Waals surface area contributed by atoms with Crippen LogP contribution in [0.4, 0.5) is 11.6 Å². The predicted octanol–water partition coefficient (Wildman–Crippen LogP) is 3.35. The van der Waals surface area contributed by atoms with E-state index in [4.69, 9.17) is 9.47 Å². The van der Waals surface area contributed by atoms with E-state index < -0.39 is 0 Å². The number of amides is 1. The van der Waals surface area contributed by atoms with Crippen LogP contribution in [0.5, 0.6) is 11.5 Å². The molecule has 1 saturated heterocycles. The highest BCUT2D eigenvalue weighted by Gasteiger charge is 2.26. The number of fused-ring (bicyclic) bond motifs is 1. The molecule has 3 heterocycles. The Morgan fingerprint density at radius 1 is 1.23 bits per heavy atom. The van der Waals surface area contributed by atoms with Crippen molar-refractivity contribution in [1.82, 2.24) is 14.9 Å². The molecule has 1 fully saturated rings. The van der Waals surface area contributed by atoms with E-state index in [0.717, 1.165) is 37.2 Å². The lowest BCUT2D eigenvalue weighted by molar-refractivity contribution is 0.0607. The molecular formula is C19H22N4O3. The van der Waals surface area contributed by atoms with Crippen LogP contribution in [-0.2, 0) is 0 Å². The Kier molecular flexibility index (Phi) is 4.60. The van der Waals surface area contributed by atoms with Gasteiger partial charge in [-0.15, -0.1) is 0 Å². The summed E-state index contributed by atoms with van der Waals surface area (Å²) in [5.74, 6) is 1.87. The molecule has 2 aliphatic rings. The van der Waals surface area contributed by atoms with Crippen LogP contribution in [0.1, 0.15) is 43.0 Å². The average Bonchev–Trinajstić information content (AvgIpc) is 3.16. The van der Waals surface area contributed by atoms with E-state index >= 15 is 0 Å². The summed E-state index contributed by atoms with van der Waals surface area (Å²) < 4.78 is 10.7. The first kappa shape index (κ1) is 16.6. The third-order valence-corrected chi connectivity index (χ3v) is 4.89. The summed E-state index contributed by atoms with van der Waals surface area (Å²) in [7, 11) is 0. The molecule has 7 nitrogen and oxygen atoms in total. The minimum absolute atomic E-state index is 0.0196. The first-order valence-electron chi connectivity index (χ1n) is 9.04. The average molecular weight is 354 g/mol. The molecule has 136 valence electrons. The molecule has 0 aliphatic carbocycles. The molecule has 2 aromatic rings. The lowest BCUT2D eigenvalue weighted by Crippen LogP contribution is -2.43. The Hall–Kier alpha value is -2.83. The molecule has 1 atom stereocenters. The Bertz CT molecular complexity index is 794. The van der Waals surface area contributed by atoms with E-state index in [1.54, 1.807) is 12.4 Å². The third-order valence-electron chi connectivity index (χ3n) is 4.89. The van der Waals surface area contributed by atoms with Crippen LogP contribution in [-0.4, -0.2) is 40.2 Å². The molecule has 1 N–H and O–H groups in total. The van der Waals surface area contributed by atoms with E-state index in [2.05, 4.69) is 22.2 Å². The van der Waals surface area contributed by atoms with Crippen molar-refractivity contribution in [2.24, 2.45) is 0 Å². The molecule has 1 unspecified atom stereocenters. The fraction of sp³-hybridized carbons (Fsp3) is 0.421. The van der Waals surface area contributed by atoms with Crippen LogP contribution in [0, 0.1) is 0 Å². The number of nitrogens with one attached hydrogen (secondary N) is 1. The fourth-order valence-electron chi connectivity index (χ4n) is 3.46. The van der Waals surface area contributed by atoms with Crippen molar-refractivity contribution < 1.29 is 14.3 Å². The second-order valence-corrected chi connectivity index (χ2v) is 6.54. The Morgan fingerprint density at radius 3 is 2.85 bits per heavy atom. The number of piperidine rings is 1. The number of anilines is 2. The summed E-state index contributed by atoms with van der Waals surface area (Å²) in [6.07, 6.45) is 7.49. The molecule has 1 amide bonds. The standard InChI is InChI=1S/C19H22N4O3/c1-2-15-5-3-4-8-23(15)18(24)13-10-20-19(21-11-13)22-14-6-7-16-17(9-14)26-12-25-16/h6-7,9-11,15H,2-5,8,12H2,1H3,(H,20,21,22). The molecule has 26 heavy (non-hydrogen) atoms. The van der Waals surface area contributed by atoms with Crippen molar-refractivity contribution in [3.05, 3.63) is 36.2 Å². The summed E-state index contributed by atoms with van der Waals surface area (Å²) in [4.78, 5) is 23.3. The van der Waals surface area contributed by atoms with Crippen LogP contribution < -0.4 is 14.8 Å². The largest absolute Gasteiger partial charge is 0.454 e. The summed E-state index contributed by atoms with van der Waals surface area (Å²) >= 11 is 0. The quantitative estimate of drug-likeness (QED) is 0.907. The number of hydrogen-bond donors (Lipinski definition) is 1. The van der Waals surface area contributed by atoms with E-state index in [0.29, 0.717) is 23.3 Å². The van der Waals surface area contributed by atoms with Gasteiger partial charge in [0.25, 0.3) is 5.91 Å². The van der Waals surface area contributed by atoms with E-state index in [1.165, 1.54) is 6.42 Å². The summed E-state index contributed by atoms with van der Waals surface area (Å²) in [6, 6.07) is 5.87. The number of aromatic nitrogens is 2. The zero-order valence-corrected chi connectivity index (χ0v) is 14.8. The zero-order chi connectivity index (χ0) is 17.9. The van der Waals surface area contributed by atoms with Crippen LogP contribution in [0.15, 0.2) is 30.6 Å². The maximum atomic E-state index is 12.8. The van der Waals surface area contributed by atoms with Crippen molar-refractivity contribution in [2.45, 2.75) is 38.6 Å². The van der Waals surface area contributed by atoms with Gasteiger partial charge in [0.05, 0.1) is 5.56 Å². The normalized spacial score (nSPS) is 18.7. The second-order valence-electron chi connectivity index (χ2n) is 6.54. The molecular weight excluding hydrogens is 332 g/mol. The molecule has 1 aromatic carbocycles. The first-order chi connectivity index (χ1) is 12.7. The third kappa shape index (κ3) is 3.29. The van der Waals surface area contributed by atoms with E-state index in [-0.39, 0.29) is 12.7 Å². The van der Waals surface area contributed by atoms with Crippen LogP contribution in [0.25, 0.3) is 0 Å². The highest BCUT2D eigenvalue weighted by Crippen LogP contribution is 2.34. The highest BCUT2D eigenvalue weighted by molar-refractivity contribution is 5.94. The number of nitrogens with zero attached hydrogens (tertiary/aromatic N) is 3. The van der Waals surface area contributed by atoms with Gasteiger partial charge in [0.15, 0.2) is 11.5 Å². The highest BCUT2D eigenvalue weighted by atomic mass is 16.7. The number of hydrogen-bond acceptors (Lipinski definition) is 6. The fourth-order valence-corrected chi connectivity index (χ4v) is 3.46. The monoisotopic (exact) mass is 354 g/mol. The van der Waals surface area contributed by atoms with E-state index in [9.17, 15) is 4.79 Å². The number of ether oxygens (including phenoxy) is 2. The maximum Gasteiger partial charge on any atom is 0.257 e. The van der Waals surface area contributed by atoms with Gasteiger partial charge in [0.1, 0.15) is 0 Å². The van der Waals surface area contributed by atoms with Crippen molar-refractivity contribution in [2.75, 3.05) is 18.7 Å². The minimum atomic E-state index is 0.0196. The number of benzene rings is 1. The molecule has 4 rings (SSSR count). The van der Waals surface area contributed by atoms with Gasteiger partial charge in [0.2, 0.25) is 12.7 Å². The van der Waals surface area contributed by atoms with Crippen molar-refractivity contribution in [1.29, 1.82) is 0 Å². The minimum Gasteiger partial charge on any atom is -0.454 e. The summed E-state index contributed by atoms with van der Waals surface area (Å²) in [5, 5.41) is 3.12. The number of carbonyl (C=O) groups is 1. The molecule has 2 aliphatic heterocycles. The Morgan fingerprint density at radius 2 is 2.04 bits per heavy atom. The molecule has 0 saturated carbocycles. The second kappa shape index (κ2) is 7.19. The van der Waals surface area contributed by atoms with Gasteiger partial charge in [-0.3, -0.25) is 4.79 Å². The number of rotatable bonds is 4. The van der Waals surface area contributed by atoms with Gasteiger partial charge in [-0.25, -0.2) is 9.97 Å². The SMILES string of the molecule is CCC1CCCCN1C(=O)c1cnc(Nc2ccc3c(c2)OCO3)nc1. The summed E-state index contributed by atoms with van der Waals surface area (Å²) in [6.45, 7) is 3.18. The van der Waals surface area contributed by atoms with Gasteiger partial charge in [-0.2, -0.15) is 0 Å². The zero-order valence-electron chi connectivity index (χ0n) is 14.8. The molecule has 7 heteroatoms. The van der Waals surface area contributed by atoms with Crippen molar-refractivity contribution >= 4 is 17.5 Å². The van der Waals surface area contributed by atoms with Gasteiger partial charge in [-0.05, 0) is 37.8 Å². The van der Waals surface area contributed by atoms with Crippen molar-refractivity contribution in [3.8, 4) is 11.5 Å². The van der Waals surface area contributed by atoms with Crippen LogP contribution >= 0.6 is 0 Å². The predicted molar refractivity (Wildman–Crippen MR) is 96.8 cm³/mol.